The van der Waals surface area contributed by atoms with Crippen molar-refractivity contribution in [2.45, 2.75) is 30.6 Å². The van der Waals surface area contributed by atoms with Crippen molar-refractivity contribution in [3.8, 4) is 0 Å². The van der Waals surface area contributed by atoms with Crippen molar-refractivity contribution in [2.24, 2.45) is 0 Å². The van der Waals surface area contributed by atoms with Crippen LogP contribution in [0, 0.1) is 0 Å². The second-order valence-electron chi connectivity index (χ2n) is 7.49. The first-order valence-corrected chi connectivity index (χ1v) is 12.3. The fraction of sp³-hybridized carbons (Fsp3) is 0.579. The summed E-state index contributed by atoms with van der Waals surface area (Å²) in [4.78, 5) is 27.7. The van der Waals surface area contributed by atoms with E-state index in [1.54, 1.807) is 15.9 Å². The lowest BCUT2D eigenvalue weighted by Gasteiger charge is -2.34. The number of rotatable bonds is 4. The fourth-order valence-corrected chi connectivity index (χ4v) is 6.38. The molecule has 0 bridgehead atoms. The normalized spacial score (nSPS) is 21.1. The number of thioether (sulfide) groups is 1. The molecule has 1 aromatic rings. The molecule has 3 aliphatic rings. The van der Waals surface area contributed by atoms with Crippen LogP contribution in [0.4, 0.5) is 0 Å². The summed E-state index contributed by atoms with van der Waals surface area (Å²) in [7, 11) is -3.55. The summed E-state index contributed by atoms with van der Waals surface area (Å²) in [5.41, 5.74) is 2.41. The summed E-state index contributed by atoms with van der Waals surface area (Å²) in [6.07, 6.45) is 4.23. The van der Waals surface area contributed by atoms with E-state index in [-0.39, 0.29) is 31.4 Å². The minimum atomic E-state index is -3.55. The number of benzene rings is 1. The number of carbonyl (C=O) groups is 2. The van der Waals surface area contributed by atoms with Crippen molar-refractivity contribution in [3.05, 3.63) is 29.3 Å². The zero-order valence-corrected chi connectivity index (χ0v) is 17.4. The standard InChI is InChI=1S/C19H25N3O4S2/c23-18(12-21-14-27-13-19(21)24)20-7-9-22(10-8-20)28(25,26)17-6-5-15-3-1-2-4-16(15)11-17/h5-6,11H,1-4,7-10,12-14H2. The van der Waals surface area contributed by atoms with Gasteiger partial charge in [-0.1, -0.05) is 6.07 Å². The molecule has 7 nitrogen and oxygen atoms in total. The third-order valence-corrected chi connectivity index (χ3v) is 8.54. The molecule has 2 aliphatic heterocycles. The van der Waals surface area contributed by atoms with E-state index in [1.807, 2.05) is 12.1 Å². The molecule has 0 aromatic heterocycles. The Morgan fingerprint density at radius 2 is 1.75 bits per heavy atom. The van der Waals surface area contributed by atoms with Gasteiger partial charge in [-0.25, -0.2) is 8.42 Å². The minimum absolute atomic E-state index is 0.00743. The Hall–Kier alpha value is -1.58. The molecule has 2 saturated heterocycles. The smallest absolute Gasteiger partial charge is 0.243 e. The SMILES string of the molecule is O=C(CN1CSCC1=O)N1CCN(S(=O)(=O)c2ccc3c(c2)CCCC3)CC1. The van der Waals surface area contributed by atoms with Crippen LogP contribution in [-0.4, -0.2) is 78.7 Å². The van der Waals surface area contributed by atoms with Crippen LogP contribution in [0.3, 0.4) is 0 Å². The van der Waals surface area contributed by atoms with Crippen LogP contribution in [0.5, 0.6) is 0 Å². The molecule has 0 unspecified atom stereocenters. The highest BCUT2D eigenvalue weighted by Crippen LogP contribution is 2.26. The first kappa shape index (κ1) is 19.7. The maximum atomic E-state index is 13.0. The Morgan fingerprint density at radius 3 is 2.43 bits per heavy atom. The van der Waals surface area contributed by atoms with E-state index in [9.17, 15) is 18.0 Å². The number of piperazine rings is 1. The minimum Gasteiger partial charge on any atom is -0.339 e. The molecule has 0 N–H and O–H groups in total. The van der Waals surface area contributed by atoms with Gasteiger partial charge < -0.3 is 9.80 Å². The highest BCUT2D eigenvalue weighted by Gasteiger charge is 2.32. The Labute approximate surface area is 170 Å². The van der Waals surface area contributed by atoms with Crippen LogP contribution < -0.4 is 0 Å². The summed E-state index contributed by atoms with van der Waals surface area (Å²) in [5, 5.41) is 0. The number of fused-ring (bicyclic) bond motifs is 1. The fourth-order valence-electron chi connectivity index (χ4n) is 4.00. The van der Waals surface area contributed by atoms with Gasteiger partial charge in [-0.05, 0) is 48.9 Å². The quantitative estimate of drug-likeness (QED) is 0.720. The predicted molar refractivity (Wildman–Crippen MR) is 107 cm³/mol. The molecule has 2 fully saturated rings. The van der Waals surface area contributed by atoms with Gasteiger partial charge in [0.05, 0.1) is 16.5 Å². The number of amides is 2. The summed E-state index contributed by atoms with van der Waals surface area (Å²) >= 11 is 1.51. The van der Waals surface area contributed by atoms with E-state index in [2.05, 4.69) is 0 Å². The third-order valence-electron chi connectivity index (χ3n) is 5.70. The molecule has 2 heterocycles. The predicted octanol–water partition coefficient (Wildman–Crippen LogP) is 0.931. The number of hydrogen-bond acceptors (Lipinski definition) is 5. The highest BCUT2D eigenvalue weighted by atomic mass is 32.2. The van der Waals surface area contributed by atoms with Gasteiger partial charge in [0.2, 0.25) is 21.8 Å². The average molecular weight is 424 g/mol. The number of aryl methyl sites for hydroxylation is 2. The Morgan fingerprint density at radius 1 is 1.04 bits per heavy atom. The summed E-state index contributed by atoms with van der Waals surface area (Å²) < 4.78 is 27.5. The van der Waals surface area contributed by atoms with E-state index in [0.717, 1.165) is 31.2 Å². The van der Waals surface area contributed by atoms with Crippen LogP contribution in [0.15, 0.2) is 23.1 Å². The van der Waals surface area contributed by atoms with Gasteiger partial charge in [-0.15, -0.1) is 11.8 Å². The monoisotopic (exact) mass is 423 g/mol. The van der Waals surface area contributed by atoms with Gasteiger partial charge in [0, 0.05) is 26.2 Å². The molecule has 0 spiro atoms. The first-order chi connectivity index (χ1) is 13.4. The topological polar surface area (TPSA) is 78.0 Å². The van der Waals surface area contributed by atoms with Crippen molar-refractivity contribution in [2.75, 3.05) is 44.4 Å². The number of carbonyl (C=O) groups excluding carboxylic acids is 2. The summed E-state index contributed by atoms with van der Waals surface area (Å²) in [5.74, 6) is 0.866. The van der Waals surface area contributed by atoms with Gasteiger partial charge in [0.1, 0.15) is 6.54 Å². The molecule has 0 saturated carbocycles. The zero-order chi connectivity index (χ0) is 19.7. The van der Waals surface area contributed by atoms with Crippen molar-refractivity contribution in [1.29, 1.82) is 0 Å². The molecular weight excluding hydrogens is 398 g/mol. The lowest BCUT2D eigenvalue weighted by molar-refractivity contribution is -0.138. The van der Waals surface area contributed by atoms with Gasteiger partial charge >= 0.3 is 0 Å². The lowest BCUT2D eigenvalue weighted by atomic mass is 9.92. The first-order valence-electron chi connectivity index (χ1n) is 9.70. The van der Waals surface area contributed by atoms with Crippen LogP contribution in [0.2, 0.25) is 0 Å². The largest absolute Gasteiger partial charge is 0.339 e. The van der Waals surface area contributed by atoms with Crippen LogP contribution in [0.25, 0.3) is 0 Å². The van der Waals surface area contributed by atoms with Crippen molar-refractivity contribution in [1.82, 2.24) is 14.1 Å². The maximum absolute atomic E-state index is 13.0. The van der Waals surface area contributed by atoms with Gasteiger partial charge in [0.25, 0.3) is 0 Å². The van der Waals surface area contributed by atoms with Crippen molar-refractivity contribution in [3.63, 3.8) is 0 Å². The molecule has 2 amide bonds. The Balaban J connectivity index is 1.38. The molecule has 1 aliphatic carbocycles. The van der Waals surface area contributed by atoms with E-state index in [0.29, 0.717) is 29.6 Å². The molecule has 28 heavy (non-hydrogen) atoms. The van der Waals surface area contributed by atoms with Gasteiger partial charge in [-0.2, -0.15) is 4.31 Å². The molecule has 9 heteroatoms. The molecule has 1 aromatic carbocycles. The number of sulfonamides is 1. The Bertz CT molecular complexity index is 879. The van der Waals surface area contributed by atoms with Crippen molar-refractivity contribution >= 4 is 33.6 Å². The molecular formula is C19H25N3O4S2. The second kappa shape index (κ2) is 8.04. The Kier molecular flexibility index (Phi) is 5.66. The van der Waals surface area contributed by atoms with Crippen LogP contribution in [-0.2, 0) is 32.5 Å². The molecule has 0 radical (unpaired) electrons. The molecule has 0 atom stereocenters. The van der Waals surface area contributed by atoms with Crippen molar-refractivity contribution < 1.29 is 18.0 Å². The van der Waals surface area contributed by atoms with E-state index in [1.165, 1.54) is 21.6 Å². The number of hydrogen-bond donors (Lipinski definition) is 0. The van der Waals surface area contributed by atoms with Gasteiger partial charge in [0.15, 0.2) is 0 Å². The van der Waals surface area contributed by atoms with E-state index < -0.39 is 10.0 Å². The summed E-state index contributed by atoms with van der Waals surface area (Å²) in [6.45, 7) is 1.38. The lowest BCUT2D eigenvalue weighted by Crippen LogP contribution is -2.52. The van der Waals surface area contributed by atoms with Crippen LogP contribution in [0.1, 0.15) is 24.0 Å². The number of nitrogens with zero attached hydrogens (tertiary/aromatic N) is 3. The van der Waals surface area contributed by atoms with Gasteiger partial charge in [-0.3, -0.25) is 9.59 Å². The zero-order valence-electron chi connectivity index (χ0n) is 15.8. The van der Waals surface area contributed by atoms with E-state index in [4.69, 9.17) is 0 Å². The average Bonchev–Trinajstić information content (AvgIpc) is 3.12. The van der Waals surface area contributed by atoms with Crippen LogP contribution >= 0.6 is 11.8 Å². The molecule has 152 valence electrons. The highest BCUT2D eigenvalue weighted by molar-refractivity contribution is 8.00. The summed E-state index contributed by atoms with van der Waals surface area (Å²) in [6, 6.07) is 5.50. The van der Waals surface area contributed by atoms with E-state index >= 15 is 0 Å². The molecule has 4 rings (SSSR count). The second-order valence-corrected chi connectivity index (χ2v) is 10.4. The third kappa shape index (κ3) is 3.92. The maximum Gasteiger partial charge on any atom is 0.243 e.